The molecule has 8 nitrogen and oxygen atoms in total. The van der Waals surface area contributed by atoms with E-state index in [-0.39, 0.29) is 17.9 Å². The average Bonchev–Trinajstić information content (AvgIpc) is 3.63. The quantitative estimate of drug-likeness (QED) is 0.504. The number of carbonyl (C=O) groups excluding carboxylic acids is 2. The number of hydrogen-bond donors (Lipinski definition) is 1. The molecule has 2 aromatic heterocycles. The van der Waals surface area contributed by atoms with Gasteiger partial charge in [0.25, 0.3) is 5.91 Å². The number of aromatic nitrogens is 2. The predicted molar refractivity (Wildman–Crippen MR) is 145 cm³/mol. The summed E-state index contributed by atoms with van der Waals surface area (Å²) in [7, 11) is 3.49. The maximum Gasteiger partial charge on any atom is 0.322 e. The number of nitrogens with zero attached hydrogens (tertiary/aromatic N) is 4. The van der Waals surface area contributed by atoms with Crippen molar-refractivity contribution in [2.45, 2.75) is 38.1 Å². The standard InChI is InChI=1S/C28H33N5O3S/c1-5-33-27(35)29-25(17-19(2)20-9-6-7-10-23(20)36-4)28(33)12-14-32(15-13-28)26(34)22-18-21(30-31(22)3)24-11-8-16-37-24/h6-11,16-19H,5,12-15H2,1-4H3,(H,29,35)/b25-17-. The lowest BCUT2D eigenvalue weighted by Crippen LogP contribution is -2.54. The van der Waals surface area contributed by atoms with Crippen molar-refractivity contribution in [2.24, 2.45) is 7.05 Å². The van der Waals surface area contributed by atoms with Crippen LogP contribution in [-0.2, 0) is 7.05 Å². The summed E-state index contributed by atoms with van der Waals surface area (Å²) >= 11 is 1.61. The number of benzene rings is 1. The molecule has 2 saturated heterocycles. The minimum atomic E-state index is -0.451. The van der Waals surface area contributed by atoms with Gasteiger partial charge in [-0.25, -0.2) is 4.79 Å². The monoisotopic (exact) mass is 519 g/mol. The van der Waals surface area contributed by atoms with Crippen LogP contribution >= 0.6 is 11.3 Å². The number of aryl methyl sites for hydroxylation is 1. The van der Waals surface area contributed by atoms with Crippen molar-refractivity contribution in [3.63, 3.8) is 0 Å². The highest BCUT2D eigenvalue weighted by atomic mass is 32.1. The number of piperidine rings is 1. The van der Waals surface area contributed by atoms with Crippen molar-refractivity contribution in [1.29, 1.82) is 0 Å². The largest absolute Gasteiger partial charge is 0.496 e. The van der Waals surface area contributed by atoms with Gasteiger partial charge in [0, 0.05) is 43.9 Å². The maximum atomic E-state index is 13.5. The molecular weight excluding hydrogens is 486 g/mol. The van der Waals surface area contributed by atoms with Gasteiger partial charge in [-0.3, -0.25) is 9.48 Å². The van der Waals surface area contributed by atoms with Crippen LogP contribution in [0.3, 0.4) is 0 Å². The van der Waals surface area contributed by atoms with E-state index in [0.29, 0.717) is 38.2 Å². The van der Waals surface area contributed by atoms with Gasteiger partial charge in [-0.1, -0.05) is 37.3 Å². The molecule has 4 heterocycles. The fraction of sp³-hybridized carbons (Fsp3) is 0.393. The summed E-state index contributed by atoms with van der Waals surface area (Å²) in [6.07, 6.45) is 3.49. The van der Waals surface area contributed by atoms with Gasteiger partial charge >= 0.3 is 6.03 Å². The number of carbonyl (C=O) groups is 2. The Morgan fingerprint density at radius 3 is 2.68 bits per heavy atom. The van der Waals surface area contributed by atoms with Crippen molar-refractivity contribution < 1.29 is 14.3 Å². The van der Waals surface area contributed by atoms with Gasteiger partial charge in [-0.15, -0.1) is 11.3 Å². The fourth-order valence-corrected chi connectivity index (χ4v) is 6.34. The molecule has 3 aromatic rings. The van der Waals surface area contributed by atoms with Crippen LogP contribution in [0.2, 0.25) is 0 Å². The van der Waals surface area contributed by atoms with E-state index in [9.17, 15) is 9.59 Å². The van der Waals surface area contributed by atoms with Gasteiger partial charge in [0.15, 0.2) is 0 Å². The number of allylic oxidation sites excluding steroid dienone is 1. The average molecular weight is 520 g/mol. The summed E-state index contributed by atoms with van der Waals surface area (Å²) < 4.78 is 7.24. The fourth-order valence-electron chi connectivity index (χ4n) is 5.66. The van der Waals surface area contributed by atoms with Crippen molar-refractivity contribution in [1.82, 2.24) is 24.9 Å². The molecule has 2 aliphatic heterocycles. The van der Waals surface area contributed by atoms with Gasteiger partial charge in [0.05, 0.1) is 17.5 Å². The molecule has 194 valence electrons. The number of thiophene rings is 1. The third kappa shape index (κ3) is 4.41. The smallest absolute Gasteiger partial charge is 0.322 e. The molecule has 0 saturated carbocycles. The highest BCUT2D eigenvalue weighted by molar-refractivity contribution is 7.13. The Morgan fingerprint density at radius 2 is 2.00 bits per heavy atom. The summed E-state index contributed by atoms with van der Waals surface area (Å²) in [5.74, 6) is 0.849. The number of urea groups is 1. The van der Waals surface area contributed by atoms with E-state index < -0.39 is 5.54 Å². The second-order valence-corrected chi connectivity index (χ2v) is 10.6. The normalized spacial score (nSPS) is 18.9. The Labute approximate surface area is 221 Å². The molecule has 0 radical (unpaired) electrons. The topological polar surface area (TPSA) is 79.7 Å². The summed E-state index contributed by atoms with van der Waals surface area (Å²) in [4.78, 5) is 31.3. The third-order valence-electron chi connectivity index (χ3n) is 7.62. The first-order chi connectivity index (χ1) is 17.9. The SMILES string of the molecule is CCN1C(=O)N/C(=C\C(C)c2ccccc2OC)C12CCN(C(=O)c1cc(-c3cccs3)nn1C)CC2. The molecular formula is C28H33N5O3S. The van der Waals surface area contributed by atoms with Crippen molar-refractivity contribution >= 4 is 23.3 Å². The molecule has 3 amide bonds. The van der Waals surface area contributed by atoms with Crippen molar-refractivity contribution in [2.75, 3.05) is 26.7 Å². The van der Waals surface area contributed by atoms with Crippen LogP contribution in [0.15, 0.2) is 59.6 Å². The van der Waals surface area contributed by atoms with Crippen molar-refractivity contribution in [3.8, 4) is 16.3 Å². The van der Waals surface area contributed by atoms with E-state index in [1.54, 1.807) is 23.1 Å². The summed E-state index contributed by atoms with van der Waals surface area (Å²) in [6, 6.07) is 13.8. The number of rotatable bonds is 6. The molecule has 1 spiro atoms. The number of nitrogens with one attached hydrogen (secondary N) is 1. The van der Waals surface area contributed by atoms with Crippen LogP contribution < -0.4 is 10.1 Å². The Kier molecular flexibility index (Phi) is 6.81. The first-order valence-electron chi connectivity index (χ1n) is 12.7. The van der Waals surface area contributed by atoms with Crippen LogP contribution in [0.4, 0.5) is 4.79 Å². The molecule has 0 bridgehead atoms. The van der Waals surface area contributed by atoms with E-state index in [0.717, 1.165) is 27.6 Å². The van der Waals surface area contributed by atoms with Gasteiger partial charge in [-0.2, -0.15) is 5.10 Å². The third-order valence-corrected chi connectivity index (χ3v) is 8.51. The molecule has 2 aliphatic rings. The Hall–Kier alpha value is -3.59. The molecule has 9 heteroatoms. The highest BCUT2D eigenvalue weighted by Crippen LogP contribution is 2.41. The number of hydrogen-bond acceptors (Lipinski definition) is 5. The summed E-state index contributed by atoms with van der Waals surface area (Å²) in [5.41, 5.74) is 2.93. The van der Waals surface area contributed by atoms with E-state index in [4.69, 9.17) is 4.74 Å². The molecule has 37 heavy (non-hydrogen) atoms. The molecule has 0 aliphatic carbocycles. The van der Waals surface area contributed by atoms with E-state index in [2.05, 4.69) is 29.5 Å². The molecule has 1 unspecified atom stereocenters. The van der Waals surface area contributed by atoms with E-state index in [1.807, 2.05) is 65.5 Å². The second-order valence-electron chi connectivity index (χ2n) is 9.62. The number of likely N-dealkylation sites (tertiary alicyclic amines) is 1. The van der Waals surface area contributed by atoms with Crippen LogP contribution in [0.1, 0.15) is 48.7 Å². The van der Waals surface area contributed by atoms with Crippen LogP contribution in [0.5, 0.6) is 5.75 Å². The summed E-state index contributed by atoms with van der Waals surface area (Å²) in [6.45, 7) is 5.85. The maximum absolute atomic E-state index is 13.5. The van der Waals surface area contributed by atoms with Gasteiger partial charge in [0.2, 0.25) is 0 Å². The second kappa shape index (κ2) is 10.0. The lowest BCUT2D eigenvalue weighted by molar-refractivity contribution is 0.0566. The number of methoxy groups -OCH3 is 1. The molecule has 1 N–H and O–H groups in total. The van der Waals surface area contributed by atoms with Crippen LogP contribution in [0.25, 0.3) is 10.6 Å². The zero-order valence-electron chi connectivity index (χ0n) is 21.7. The number of likely N-dealkylation sites (N-methyl/N-ethyl adjacent to an activating group) is 1. The van der Waals surface area contributed by atoms with Gasteiger partial charge in [-0.05, 0) is 43.3 Å². The Bertz CT molecular complexity index is 1320. The zero-order valence-corrected chi connectivity index (χ0v) is 22.5. The van der Waals surface area contributed by atoms with Crippen molar-refractivity contribution in [3.05, 3.63) is 70.9 Å². The van der Waals surface area contributed by atoms with Crippen LogP contribution in [-0.4, -0.2) is 63.8 Å². The van der Waals surface area contributed by atoms with E-state index in [1.165, 1.54) is 0 Å². The number of amides is 3. The first kappa shape index (κ1) is 25.1. The zero-order chi connectivity index (χ0) is 26.2. The van der Waals surface area contributed by atoms with Gasteiger partial charge < -0.3 is 19.9 Å². The summed E-state index contributed by atoms with van der Waals surface area (Å²) in [5, 5.41) is 9.71. The highest BCUT2D eigenvalue weighted by Gasteiger charge is 2.50. The molecule has 1 aromatic carbocycles. The first-order valence-corrected chi connectivity index (χ1v) is 13.6. The molecule has 5 rings (SSSR count). The molecule has 2 fully saturated rings. The Balaban J connectivity index is 1.38. The number of ether oxygens (including phenoxy) is 1. The van der Waals surface area contributed by atoms with E-state index >= 15 is 0 Å². The van der Waals surface area contributed by atoms with Gasteiger partial charge in [0.1, 0.15) is 17.1 Å². The minimum absolute atomic E-state index is 0.0269. The predicted octanol–water partition coefficient (Wildman–Crippen LogP) is 4.86. The van der Waals surface area contributed by atoms with Crippen LogP contribution in [0, 0.1) is 0 Å². The molecule has 1 atom stereocenters. The minimum Gasteiger partial charge on any atom is -0.496 e. The number of para-hydroxylation sites is 1. The lowest BCUT2D eigenvalue weighted by Gasteiger charge is -2.44. The Morgan fingerprint density at radius 1 is 1.24 bits per heavy atom. The lowest BCUT2D eigenvalue weighted by atomic mass is 9.82.